The van der Waals surface area contributed by atoms with Crippen LogP contribution in [0.25, 0.3) is 22.2 Å². The molecule has 188 valence electrons. The molecule has 1 fully saturated rings. The predicted octanol–water partition coefficient (Wildman–Crippen LogP) is 4.00. The summed E-state index contributed by atoms with van der Waals surface area (Å²) in [6.07, 6.45) is 3.56. The summed E-state index contributed by atoms with van der Waals surface area (Å²) in [5.74, 6) is -1.04. The van der Waals surface area contributed by atoms with Gasteiger partial charge >= 0.3 is 5.97 Å². The molecule has 0 aliphatic carbocycles. The third-order valence-corrected chi connectivity index (χ3v) is 6.40. The van der Waals surface area contributed by atoms with E-state index in [-0.39, 0.29) is 17.2 Å². The van der Waals surface area contributed by atoms with Crippen LogP contribution in [0.3, 0.4) is 0 Å². The summed E-state index contributed by atoms with van der Waals surface area (Å²) in [7, 11) is 0. The number of carbonyl (C=O) groups excluding carboxylic acids is 2. The molecule has 9 heteroatoms. The van der Waals surface area contributed by atoms with E-state index in [1.54, 1.807) is 17.2 Å². The number of hydrogen-bond donors (Lipinski definition) is 1. The smallest absolute Gasteiger partial charge is 0.343 e. The van der Waals surface area contributed by atoms with Gasteiger partial charge in [0.2, 0.25) is 0 Å². The SMILES string of the molecule is CCn1nc(-c2ccccc2)c(C(=O)OCC(=O)N2CCCC2)c(Nc2cccc3ncccc23)c1=O. The Morgan fingerprint density at radius 2 is 1.78 bits per heavy atom. The van der Waals surface area contributed by atoms with Gasteiger partial charge in [0, 0.05) is 42.5 Å². The Kier molecular flexibility index (Phi) is 6.93. The zero-order chi connectivity index (χ0) is 25.8. The van der Waals surface area contributed by atoms with Crippen LogP contribution in [0.15, 0.2) is 71.7 Å². The van der Waals surface area contributed by atoms with Crippen molar-refractivity contribution in [3.63, 3.8) is 0 Å². The lowest BCUT2D eigenvalue weighted by Crippen LogP contribution is -2.33. The van der Waals surface area contributed by atoms with Crippen LogP contribution in [-0.2, 0) is 16.1 Å². The molecule has 1 amide bonds. The molecule has 0 bridgehead atoms. The standard InChI is InChI=1S/C28H27N5O4/c1-2-33-27(35)26(30-22-14-8-13-21-20(22)12-9-15-29-21)24(25(31-33)19-10-4-3-5-11-19)28(36)37-18-23(34)32-16-6-7-17-32/h3-5,8-15,30H,2,6-7,16-18H2,1H3. The molecule has 1 saturated heterocycles. The van der Waals surface area contributed by atoms with E-state index in [1.165, 1.54) is 4.68 Å². The quantitative estimate of drug-likeness (QED) is 0.385. The van der Waals surface area contributed by atoms with E-state index in [9.17, 15) is 14.4 Å². The number of likely N-dealkylation sites (tertiary alicyclic amines) is 1. The summed E-state index contributed by atoms with van der Waals surface area (Å²) < 4.78 is 6.79. The minimum absolute atomic E-state index is 0.0176. The Balaban J connectivity index is 1.62. The fourth-order valence-corrected chi connectivity index (χ4v) is 4.50. The number of rotatable bonds is 7. The van der Waals surface area contributed by atoms with Crippen molar-refractivity contribution in [1.29, 1.82) is 0 Å². The first-order chi connectivity index (χ1) is 18.1. The number of nitrogens with one attached hydrogen (secondary N) is 1. The third kappa shape index (κ3) is 4.93. The van der Waals surface area contributed by atoms with Crippen LogP contribution >= 0.6 is 0 Å². The zero-order valence-corrected chi connectivity index (χ0v) is 20.5. The summed E-state index contributed by atoms with van der Waals surface area (Å²) >= 11 is 0. The van der Waals surface area contributed by atoms with Gasteiger partial charge < -0.3 is 15.0 Å². The highest BCUT2D eigenvalue weighted by Crippen LogP contribution is 2.30. The normalized spacial score (nSPS) is 13.1. The lowest BCUT2D eigenvalue weighted by molar-refractivity contribution is -0.133. The summed E-state index contributed by atoms with van der Waals surface area (Å²) in [6.45, 7) is 3.01. The number of carbonyl (C=O) groups is 2. The Bertz CT molecular complexity index is 1510. The Labute approximate surface area is 213 Å². The van der Waals surface area contributed by atoms with Crippen molar-refractivity contribution in [2.24, 2.45) is 0 Å². The molecular weight excluding hydrogens is 470 g/mol. The van der Waals surface area contributed by atoms with Crippen LogP contribution in [-0.4, -0.2) is 51.2 Å². The maximum Gasteiger partial charge on any atom is 0.343 e. The molecule has 37 heavy (non-hydrogen) atoms. The third-order valence-electron chi connectivity index (χ3n) is 6.40. The van der Waals surface area contributed by atoms with Gasteiger partial charge in [-0.3, -0.25) is 14.6 Å². The molecule has 2 aromatic carbocycles. The number of amides is 1. The lowest BCUT2D eigenvalue weighted by Gasteiger charge is -2.19. The van der Waals surface area contributed by atoms with Gasteiger partial charge in [-0.25, -0.2) is 9.48 Å². The second-order valence-electron chi connectivity index (χ2n) is 8.75. The topological polar surface area (TPSA) is 106 Å². The number of nitrogens with zero attached hydrogens (tertiary/aromatic N) is 4. The minimum atomic E-state index is -0.792. The molecule has 0 unspecified atom stereocenters. The summed E-state index contributed by atoms with van der Waals surface area (Å²) in [5.41, 5.74) is 1.83. The van der Waals surface area contributed by atoms with E-state index in [0.717, 1.165) is 23.7 Å². The van der Waals surface area contributed by atoms with Crippen LogP contribution in [0.4, 0.5) is 11.4 Å². The number of benzene rings is 2. The molecule has 1 aliphatic rings. The molecule has 5 rings (SSSR count). The molecule has 0 radical (unpaired) electrons. The highest BCUT2D eigenvalue weighted by atomic mass is 16.5. The summed E-state index contributed by atoms with van der Waals surface area (Å²) in [5, 5.41) is 8.48. The van der Waals surface area contributed by atoms with Gasteiger partial charge in [-0.1, -0.05) is 36.4 Å². The highest BCUT2D eigenvalue weighted by molar-refractivity contribution is 6.04. The van der Waals surface area contributed by atoms with Crippen molar-refractivity contribution in [2.45, 2.75) is 26.3 Å². The average molecular weight is 498 g/mol. The van der Waals surface area contributed by atoms with Gasteiger partial charge in [0.15, 0.2) is 6.61 Å². The number of ether oxygens (including phenoxy) is 1. The second kappa shape index (κ2) is 10.6. The van der Waals surface area contributed by atoms with Gasteiger partial charge in [-0.05, 0) is 44.0 Å². The number of anilines is 2. The van der Waals surface area contributed by atoms with Crippen LogP contribution in [0.5, 0.6) is 0 Å². The van der Waals surface area contributed by atoms with Crippen molar-refractivity contribution in [2.75, 3.05) is 25.0 Å². The van der Waals surface area contributed by atoms with Crippen LogP contribution in [0, 0.1) is 0 Å². The Morgan fingerprint density at radius 1 is 1.00 bits per heavy atom. The van der Waals surface area contributed by atoms with Crippen molar-refractivity contribution >= 4 is 34.2 Å². The van der Waals surface area contributed by atoms with E-state index >= 15 is 0 Å². The Hall–Kier alpha value is -4.53. The van der Waals surface area contributed by atoms with Crippen LogP contribution < -0.4 is 10.9 Å². The summed E-state index contributed by atoms with van der Waals surface area (Å²) in [4.78, 5) is 45.7. The van der Waals surface area contributed by atoms with Crippen LogP contribution in [0.2, 0.25) is 0 Å². The van der Waals surface area contributed by atoms with Crippen molar-refractivity contribution in [1.82, 2.24) is 19.7 Å². The molecule has 0 atom stereocenters. The molecule has 0 saturated carbocycles. The number of pyridine rings is 1. The molecule has 3 heterocycles. The second-order valence-corrected chi connectivity index (χ2v) is 8.75. The molecular formula is C28H27N5O4. The first-order valence-corrected chi connectivity index (χ1v) is 12.3. The van der Waals surface area contributed by atoms with E-state index in [1.807, 2.05) is 61.5 Å². The van der Waals surface area contributed by atoms with Gasteiger partial charge in [0.1, 0.15) is 16.9 Å². The van der Waals surface area contributed by atoms with E-state index in [2.05, 4.69) is 15.4 Å². The van der Waals surface area contributed by atoms with Crippen molar-refractivity contribution < 1.29 is 14.3 Å². The molecule has 0 spiro atoms. The molecule has 4 aromatic rings. The zero-order valence-electron chi connectivity index (χ0n) is 20.5. The summed E-state index contributed by atoms with van der Waals surface area (Å²) in [6, 6.07) is 18.3. The number of hydrogen-bond acceptors (Lipinski definition) is 7. The largest absolute Gasteiger partial charge is 0.452 e. The van der Waals surface area contributed by atoms with E-state index < -0.39 is 18.1 Å². The highest BCUT2D eigenvalue weighted by Gasteiger charge is 2.27. The average Bonchev–Trinajstić information content (AvgIpc) is 3.48. The molecule has 9 nitrogen and oxygen atoms in total. The predicted molar refractivity (Wildman–Crippen MR) is 141 cm³/mol. The molecule has 2 aromatic heterocycles. The van der Waals surface area contributed by atoms with Crippen LogP contribution in [0.1, 0.15) is 30.1 Å². The van der Waals surface area contributed by atoms with E-state index in [0.29, 0.717) is 36.6 Å². The van der Waals surface area contributed by atoms with Crippen molar-refractivity contribution in [3.8, 4) is 11.3 Å². The number of aromatic nitrogens is 3. The fourth-order valence-electron chi connectivity index (χ4n) is 4.50. The first kappa shape index (κ1) is 24.2. The van der Waals surface area contributed by atoms with Gasteiger partial charge in [0.05, 0.1) is 5.52 Å². The monoisotopic (exact) mass is 497 g/mol. The van der Waals surface area contributed by atoms with E-state index in [4.69, 9.17) is 4.74 Å². The maximum atomic E-state index is 13.6. The van der Waals surface area contributed by atoms with Gasteiger partial charge in [0.25, 0.3) is 11.5 Å². The number of aryl methyl sites for hydroxylation is 1. The number of esters is 1. The first-order valence-electron chi connectivity index (χ1n) is 12.3. The molecule has 1 N–H and O–H groups in total. The fraction of sp³-hybridized carbons (Fsp3) is 0.250. The van der Waals surface area contributed by atoms with Gasteiger partial charge in [-0.15, -0.1) is 0 Å². The Morgan fingerprint density at radius 3 is 2.54 bits per heavy atom. The van der Waals surface area contributed by atoms with Gasteiger partial charge in [-0.2, -0.15) is 5.10 Å². The molecule has 1 aliphatic heterocycles. The maximum absolute atomic E-state index is 13.6. The minimum Gasteiger partial charge on any atom is -0.452 e. The number of fused-ring (bicyclic) bond motifs is 1. The van der Waals surface area contributed by atoms with Crippen molar-refractivity contribution in [3.05, 3.63) is 82.8 Å². The lowest BCUT2D eigenvalue weighted by atomic mass is 10.0.